The summed E-state index contributed by atoms with van der Waals surface area (Å²) < 4.78 is 5.94. The average molecular weight is 595 g/mol. The number of carboxylic acid groups (broad SMARTS) is 1. The van der Waals surface area contributed by atoms with Gasteiger partial charge in [0.25, 0.3) is 0 Å². The van der Waals surface area contributed by atoms with Gasteiger partial charge < -0.3 is 14.9 Å². The number of aliphatic carboxylic acids is 1. The summed E-state index contributed by atoms with van der Waals surface area (Å²) >= 11 is 0. The Balaban J connectivity index is 1.85. The molecule has 0 fully saturated rings. The van der Waals surface area contributed by atoms with E-state index in [9.17, 15) is 14.7 Å². The first-order valence-electron chi connectivity index (χ1n) is 17.3. The van der Waals surface area contributed by atoms with Crippen LogP contribution in [0.4, 0.5) is 0 Å². The fraction of sp³-hybridized carbons (Fsp3) is 0.632. The molecule has 0 spiro atoms. The Bertz CT molecular complexity index is 1040. The molecule has 2 rings (SSSR count). The number of esters is 1. The Hall–Kier alpha value is -2.82. The third-order valence-electron chi connectivity index (χ3n) is 8.31. The van der Waals surface area contributed by atoms with Gasteiger partial charge in [-0.05, 0) is 98.6 Å². The zero-order chi connectivity index (χ0) is 31.1. The molecule has 2 aromatic rings. The van der Waals surface area contributed by atoms with E-state index in [1.54, 1.807) is 0 Å². The number of carboxylic acids is 1. The van der Waals surface area contributed by atoms with Crippen LogP contribution < -0.4 is 4.74 Å². The summed E-state index contributed by atoms with van der Waals surface area (Å²) in [5.74, 6) is 0.0400. The van der Waals surface area contributed by atoms with Crippen LogP contribution in [0, 0.1) is 0 Å². The number of unbranched alkanes of at least 4 members (excludes halogenated alkanes) is 12. The van der Waals surface area contributed by atoms with Crippen molar-refractivity contribution in [3.05, 3.63) is 58.7 Å². The smallest absolute Gasteiger partial charge is 0.311 e. The van der Waals surface area contributed by atoms with Crippen molar-refractivity contribution in [1.82, 2.24) is 0 Å². The minimum atomic E-state index is -0.732. The standard InChI is InChI=1S/C38H58O5/c1-3-5-7-9-11-13-21-33-30-36(34(29-35(33)39)22-14-12-10-8-6-4-2)43-38(42)24-18-16-20-32-27-25-31(26-28-32)19-15-17-23-37(40)41/h25-30,39H,3-24H2,1-2H3,(H,40,41). The first-order valence-corrected chi connectivity index (χ1v) is 17.3. The fourth-order valence-electron chi connectivity index (χ4n) is 5.59. The van der Waals surface area contributed by atoms with Gasteiger partial charge in [0.2, 0.25) is 0 Å². The molecule has 2 aromatic carbocycles. The maximum atomic E-state index is 12.9. The van der Waals surface area contributed by atoms with Gasteiger partial charge in [0, 0.05) is 12.8 Å². The molecule has 0 bridgehead atoms. The highest BCUT2D eigenvalue weighted by molar-refractivity contribution is 5.73. The number of rotatable bonds is 25. The molecule has 5 nitrogen and oxygen atoms in total. The lowest BCUT2D eigenvalue weighted by Gasteiger charge is -2.14. The van der Waals surface area contributed by atoms with Crippen LogP contribution in [0.5, 0.6) is 11.5 Å². The lowest BCUT2D eigenvalue weighted by atomic mass is 9.99. The molecule has 0 heterocycles. The van der Waals surface area contributed by atoms with E-state index in [1.165, 1.54) is 62.5 Å². The first kappa shape index (κ1) is 36.4. The van der Waals surface area contributed by atoms with Crippen molar-refractivity contribution in [3.8, 4) is 11.5 Å². The number of hydrogen-bond acceptors (Lipinski definition) is 4. The highest BCUT2D eigenvalue weighted by Crippen LogP contribution is 2.31. The molecule has 0 aromatic heterocycles. The molecule has 240 valence electrons. The predicted octanol–water partition coefficient (Wildman–Crippen LogP) is 10.3. The second-order valence-corrected chi connectivity index (χ2v) is 12.2. The fourth-order valence-corrected chi connectivity index (χ4v) is 5.59. The summed E-state index contributed by atoms with van der Waals surface area (Å²) in [6, 6.07) is 12.3. The highest BCUT2D eigenvalue weighted by Gasteiger charge is 2.14. The molecule has 2 N–H and O–H groups in total. The van der Waals surface area contributed by atoms with Crippen LogP contribution in [0.3, 0.4) is 0 Å². The van der Waals surface area contributed by atoms with Crippen LogP contribution in [0.25, 0.3) is 0 Å². The van der Waals surface area contributed by atoms with Gasteiger partial charge in [-0.15, -0.1) is 0 Å². The number of carbonyl (C=O) groups excluding carboxylic acids is 1. The number of ether oxygens (including phenoxy) is 1. The molecular weight excluding hydrogens is 536 g/mol. The van der Waals surface area contributed by atoms with Gasteiger partial charge in [0.15, 0.2) is 0 Å². The SMILES string of the molecule is CCCCCCCCc1cc(OC(=O)CCCCc2ccc(CCCCC(=O)O)cc2)c(CCCCCCCC)cc1O. The van der Waals surface area contributed by atoms with Crippen molar-refractivity contribution < 1.29 is 24.5 Å². The van der Waals surface area contributed by atoms with E-state index in [0.29, 0.717) is 24.3 Å². The topological polar surface area (TPSA) is 83.8 Å². The molecule has 0 aliphatic rings. The second kappa shape index (κ2) is 22.7. The summed E-state index contributed by atoms with van der Waals surface area (Å²) in [5, 5.41) is 19.5. The van der Waals surface area contributed by atoms with Crippen molar-refractivity contribution in [2.24, 2.45) is 0 Å². The number of aromatic hydroxyl groups is 1. The van der Waals surface area contributed by atoms with Crippen molar-refractivity contribution in [1.29, 1.82) is 0 Å². The molecule has 0 unspecified atom stereocenters. The van der Waals surface area contributed by atoms with Crippen LogP contribution in [0.1, 0.15) is 152 Å². The Morgan fingerprint density at radius 3 is 1.58 bits per heavy atom. The van der Waals surface area contributed by atoms with Crippen LogP contribution >= 0.6 is 0 Å². The van der Waals surface area contributed by atoms with Gasteiger partial charge in [-0.2, -0.15) is 0 Å². The maximum Gasteiger partial charge on any atom is 0.311 e. The molecule has 0 radical (unpaired) electrons. The molecular formula is C38H58O5. The van der Waals surface area contributed by atoms with Gasteiger partial charge in [0.1, 0.15) is 11.5 Å². The molecule has 0 amide bonds. The van der Waals surface area contributed by atoms with Gasteiger partial charge in [-0.25, -0.2) is 0 Å². The van der Waals surface area contributed by atoms with Gasteiger partial charge in [-0.1, -0.05) is 102 Å². The number of phenols is 1. The Labute approximate surface area is 261 Å². The molecule has 0 saturated heterocycles. The van der Waals surface area contributed by atoms with Gasteiger partial charge >= 0.3 is 11.9 Å². The van der Waals surface area contributed by atoms with E-state index in [0.717, 1.165) is 81.8 Å². The maximum absolute atomic E-state index is 12.9. The highest BCUT2D eigenvalue weighted by atomic mass is 16.5. The van der Waals surface area contributed by atoms with E-state index in [1.807, 2.05) is 12.1 Å². The molecule has 43 heavy (non-hydrogen) atoms. The quantitative estimate of drug-likeness (QED) is 0.0679. The van der Waals surface area contributed by atoms with Crippen LogP contribution in [-0.4, -0.2) is 22.2 Å². The molecule has 0 saturated carbocycles. The molecule has 0 atom stereocenters. The van der Waals surface area contributed by atoms with Crippen LogP contribution in [-0.2, 0) is 35.3 Å². The van der Waals surface area contributed by atoms with Gasteiger partial charge in [-0.3, -0.25) is 9.59 Å². The lowest BCUT2D eigenvalue weighted by Crippen LogP contribution is -2.10. The number of aryl methyl sites for hydroxylation is 4. The minimum Gasteiger partial charge on any atom is -0.508 e. The summed E-state index contributed by atoms with van der Waals surface area (Å²) in [5.41, 5.74) is 4.31. The van der Waals surface area contributed by atoms with Crippen molar-refractivity contribution >= 4 is 11.9 Å². The number of hydrogen-bond donors (Lipinski definition) is 2. The largest absolute Gasteiger partial charge is 0.508 e. The average Bonchev–Trinajstić information content (AvgIpc) is 2.99. The number of benzene rings is 2. The predicted molar refractivity (Wildman–Crippen MR) is 177 cm³/mol. The first-order chi connectivity index (χ1) is 20.9. The third kappa shape index (κ3) is 16.6. The Kier molecular flexibility index (Phi) is 19.2. The molecule has 0 aliphatic carbocycles. The van der Waals surface area contributed by atoms with Crippen LogP contribution in [0.15, 0.2) is 36.4 Å². The van der Waals surface area contributed by atoms with Crippen LogP contribution in [0.2, 0.25) is 0 Å². The normalized spacial score (nSPS) is 11.1. The summed E-state index contributed by atoms with van der Waals surface area (Å²) in [7, 11) is 0. The van der Waals surface area contributed by atoms with E-state index < -0.39 is 5.97 Å². The molecule has 0 aliphatic heterocycles. The van der Waals surface area contributed by atoms with E-state index in [4.69, 9.17) is 9.84 Å². The summed E-state index contributed by atoms with van der Waals surface area (Å²) in [4.78, 5) is 23.5. The van der Waals surface area contributed by atoms with Gasteiger partial charge in [0.05, 0.1) is 0 Å². The second-order valence-electron chi connectivity index (χ2n) is 12.2. The number of phenolic OH excluding ortho intramolecular Hbond substituents is 1. The van der Waals surface area contributed by atoms with E-state index >= 15 is 0 Å². The number of carbonyl (C=O) groups is 2. The van der Waals surface area contributed by atoms with Crippen molar-refractivity contribution in [2.45, 2.75) is 155 Å². The minimum absolute atomic E-state index is 0.197. The van der Waals surface area contributed by atoms with Crippen molar-refractivity contribution in [3.63, 3.8) is 0 Å². The summed E-state index contributed by atoms with van der Waals surface area (Å²) in [6.45, 7) is 4.45. The third-order valence-corrected chi connectivity index (χ3v) is 8.31. The monoisotopic (exact) mass is 594 g/mol. The lowest BCUT2D eigenvalue weighted by molar-refractivity contribution is -0.137. The zero-order valence-corrected chi connectivity index (χ0v) is 27.1. The van der Waals surface area contributed by atoms with E-state index in [-0.39, 0.29) is 12.4 Å². The zero-order valence-electron chi connectivity index (χ0n) is 27.1. The Morgan fingerprint density at radius 1 is 0.581 bits per heavy atom. The summed E-state index contributed by atoms with van der Waals surface area (Å²) in [6.07, 6.45) is 21.7. The van der Waals surface area contributed by atoms with Crippen molar-refractivity contribution in [2.75, 3.05) is 0 Å². The molecule has 5 heteroatoms. The van der Waals surface area contributed by atoms with E-state index in [2.05, 4.69) is 38.1 Å². The Morgan fingerprint density at radius 2 is 1.05 bits per heavy atom.